The molecule has 0 bridgehead atoms. The lowest BCUT2D eigenvalue weighted by Gasteiger charge is -2.05. The molecule has 0 aliphatic rings. The Morgan fingerprint density at radius 1 is 1.18 bits per heavy atom. The van der Waals surface area contributed by atoms with Crippen molar-refractivity contribution in [3.05, 3.63) is 36.6 Å². The number of anilines is 2. The molecule has 4 N–H and O–H groups in total. The second-order valence-corrected chi connectivity index (χ2v) is 4.84. The third kappa shape index (κ3) is 2.55. The van der Waals surface area contributed by atoms with Crippen LogP contribution in [0.3, 0.4) is 0 Å². The molecule has 0 saturated carbocycles. The molecule has 2 rings (SSSR count). The first kappa shape index (κ1) is 11.4. The second kappa shape index (κ2) is 4.44. The highest BCUT2D eigenvalue weighted by atomic mass is 32.2. The van der Waals surface area contributed by atoms with Crippen molar-refractivity contribution in [2.24, 2.45) is 5.84 Å². The molecule has 0 aliphatic carbocycles. The molecule has 8 heteroatoms. The second-order valence-electron chi connectivity index (χ2n) is 3.16. The molecule has 0 radical (unpaired) electrons. The Morgan fingerprint density at radius 3 is 2.41 bits per heavy atom. The van der Waals surface area contributed by atoms with Gasteiger partial charge in [-0.3, -0.25) is 10.6 Å². The molecule has 2 aromatic rings. The predicted molar refractivity (Wildman–Crippen MR) is 61.6 cm³/mol. The molecule has 0 saturated heterocycles. The van der Waals surface area contributed by atoms with Crippen LogP contribution in [0.15, 0.2) is 46.0 Å². The van der Waals surface area contributed by atoms with Crippen LogP contribution in [0, 0.1) is 0 Å². The van der Waals surface area contributed by atoms with Crippen molar-refractivity contribution < 1.29 is 12.9 Å². The topological polar surface area (TPSA) is 110 Å². The number of nitrogens with zero attached hydrogens (tertiary/aromatic N) is 1. The van der Waals surface area contributed by atoms with Crippen LogP contribution >= 0.6 is 0 Å². The Kier molecular flexibility index (Phi) is 2.98. The Bertz CT molecular complexity index is 577. The van der Waals surface area contributed by atoms with Crippen molar-refractivity contribution in [2.45, 2.75) is 4.90 Å². The summed E-state index contributed by atoms with van der Waals surface area (Å²) in [5.74, 6) is 5.31. The van der Waals surface area contributed by atoms with Gasteiger partial charge in [0.25, 0.3) is 10.0 Å². The zero-order chi connectivity index (χ0) is 12.3. The van der Waals surface area contributed by atoms with Crippen LogP contribution in [-0.4, -0.2) is 13.6 Å². The van der Waals surface area contributed by atoms with Gasteiger partial charge in [0, 0.05) is 11.8 Å². The van der Waals surface area contributed by atoms with E-state index in [9.17, 15) is 8.42 Å². The van der Waals surface area contributed by atoms with Crippen molar-refractivity contribution in [2.75, 3.05) is 10.1 Å². The van der Waals surface area contributed by atoms with Gasteiger partial charge in [0.15, 0.2) is 5.82 Å². The summed E-state index contributed by atoms with van der Waals surface area (Å²) >= 11 is 0. The molecule has 0 unspecified atom stereocenters. The van der Waals surface area contributed by atoms with Crippen molar-refractivity contribution >= 4 is 21.5 Å². The van der Waals surface area contributed by atoms with E-state index in [1.807, 2.05) is 0 Å². The average molecular weight is 254 g/mol. The fourth-order valence-electron chi connectivity index (χ4n) is 1.19. The average Bonchev–Trinajstić information content (AvgIpc) is 2.81. The maximum atomic E-state index is 11.9. The van der Waals surface area contributed by atoms with Gasteiger partial charge < -0.3 is 9.95 Å². The van der Waals surface area contributed by atoms with E-state index in [0.717, 1.165) is 0 Å². The van der Waals surface area contributed by atoms with Crippen molar-refractivity contribution in [1.82, 2.24) is 5.16 Å². The smallest absolute Gasteiger partial charge is 0.263 e. The molecule has 1 aromatic heterocycles. The minimum atomic E-state index is -3.65. The molecule has 17 heavy (non-hydrogen) atoms. The van der Waals surface area contributed by atoms with E-state index < -0.39 is 10.0 Å². The van der Waals surface area contributed by atoms with Crippen LogP contribution in [0.25, 0.3) is 0 Å². The quantitative estimate of drug-likeness (QED) is 0.549. The van der Waals surface area contributed by atoms with E-state index in [1.54, 1.807) is 12.1 Å². The van der Waals surface area contributed by atoms with Gasteiger partial charge in [0.2, 0.25) is 0 Å². The van der Waals surface area contributed by atoms with Crippen LogP contribution in [0.1, 0.15) is 0 Å². The number of hydrazine groups is 1. The first-order chi connectivity index (χ1) is 8.12. The molecule has 7 nitrogen and oxygen atoms in total. The maximum Gasteiger partial charge on any atom is 0.263 e. The van der Waals surface area contributed by atoms with E-state index in [-0.39, 0.29) is 10.7 Å². The highest BCUT2D eigenvalue weighted by Gasteiger charge is 2.15. The molecular formula is C9H10N4O3S. The lowest BCUT2D eigenvalue weighted by Crippen LogP contribution is -2.13. The van der Waals surface area contributed by atoms with Crippen LogP contribution in [-0.2, 0) is 10.0 Å². The SMILES string of the molecule is NNc1ccc(S(=O)(=O)Nc2ccon2)cc1. The number of nitrogens with two attached hydrogens (primary N) is 1. The van der Waals surface area contributed by atoms with Gasteiger partial charge in [-0.05, 0) is 24.3 Å². The molecule has 1 heterocycles. The zero-order valence-electron chi connectivity index (χ0n) is 8.62. The summed E-state index contributed by atoms with van der Waals surface area (Å²) in [6.07, 6.45) is 1.28. The highest BCUT2D eigenvalue weighted by molar-refractivity contribution is 7.92. The summed E-state index contributed by atoms with van der Waals surface area (Å²) in [6, 6.07) is 7.37. The van der Waals surface area contributed by atoms with E-state index in [1.165, 1.54) is 24.5 Å². The van der Waals surface area contributed by atoms with Gasteiger partial charge in [-0.1, -0.05) is 5.16 Å². The van der Waals surface area contributed by atoms with Crippen LogP contribution in [0.4, 0.5) is 11.5 Å². The first-order valence-corrected chi connectivity index (χ1v) is 6.10. The summed E-state index contributed by atoms with van der Waals surface area (Å²) in [5, 5.41) is 3.46. The summed E-state index contributed by atoms with van der Waals surface area (Å²) in [5.41, 5.74) is 3.02. The summed E-state index contributed by atoms with van der Waals surface area (Å²) in [6.45, 7) is 0. The Morgan fingerprint density at radius 2 is 1.88 bits per heavy atom. The molecule has 0 fully saturated rings. The lowest BCUT2D eigenvalue weighted by molar-refractivity contribution is 0.423. The summed E-state index contributed by atoms with van der Waals surface area (Å²) in [4.78, 5) is 0.111. The van der Waals surface area contributed by atoms with Gasteiger partial charge in [-0.15, -0.1) is 0 Å². The number of rotatable bonds is 4. The number of nitrogen functional groups attached to an aromatic ring is 1. The minimum absolute atomic E-state index is 0.111. The predicted octanol–water partition coefficient (Wildman–Crippen LogP) is 0.761. The largest absolute Gasteiger partial charge is 0.363 e. The molecule has 0 amide bonds. The van der Waals surface area contributed by atoms with Crippen molar-refractivity contribution in [3.63, 3.8) is 0 Å². The maximum absolute atomic E-state index is 11.9. The normalized spacial score (nSPS) is 11.1. The molecule has 0 aliphatic heterocycles. The summed E-state index contributed by atoms with van der Waals surface area (Å²) < 4.78 is 30.5. The summed E-state index contributed by atoms with van der Waals surface area (Å²) in [7, 11) is -3.65. The van der Waals surface area contributed by atoms with Gasteiger partial charge in [-0.2, -0.15) is 0 Å². The fraction of sp³-hybridized carbons (Fsp3) is 0. The van der Waals surface area contributed by atoms with E-state index in [2.05, 4.69) is 19.8 Å². The van der Waals surface area contributed by atoms with E-state index >= 15 is 0 Å². The number of sulfonamides is 1. The van der Waals surface area contributed by atoms with Crippen molar-refractivity contribution in [1.29, 1.82) is 0 Å². The van der Waals surface area contributed by atoms with Crippen molar-refractivity contribution in [3.8, 4) is 0 Å². The third-order valence-electron chi connectivity index (χ3n) is 2.01. The minimum Gasteiger partial charge on any atom is -0.363 e. The van der Waals surface area contributed by atoms with Gasteiger partial charge >= 0.3 is 0 Å². The van der Waals surface area contributed by atoms with Gasteiger partial charge in [-0.25, -0.2) is 8.42 Å². The fourth-order valence-corrected chi connectivity index (χ4v) is 2.18. The van der Waals surface area contributed by atoms with Gasteiger partial charge in [0.05, 0.1) is 4.90 Å². The Balaban J connectivity index is 2.25. The third-order valence-corrected chi connectivity index (χ3v) is 3.38. The van der Waals surface area contributed by atoms with Crippen LogP contribution in [0.5, 0.6) is 0 Å². The number of hydrogen-bond donors (Lipinski definition) is 3. The molecule has 90 valence electrons. The van der Waals surface area contributed by atoms with Gasteiger partial charge in [0.1, 0.15) is 6.26 Å². The number of hydrogen-bond acceptors (Lipinski definition) is 6. The number of aromatic nitrogens is 1. The lowest BCUT2D eigenvalue weighted by atomic mass is 10.3. The molecular weight excluding hydrogens is 244 g/mol. The monoisotopic (exact) mass is 254 g/mol. The Labute approximate surface area is 97.6 Å². The van der Waals surface area contributed by atoms with Crippen LogP contribution in [0.2, 0.25) is 0 Å². The van der Waals surface area contributed by atoms with E-state index in [0.29, 0.717) is 5.69 Å². The highest BCUT2D eigenvalue weighted by Crippen LogP contribution is 2.16. The molecule has 0 spiro atoms. The Hall–Kier alpha value is -2.06. The van der Waals surface area contributed by atoms with Crippen LogP contribution < -0.4 is 16.0 Å². The molecule has 1 aromatic carbocycles. The zero-order valence-corrected chi connectivity index (χ0v) is 9.44. The first-order valence-electron chi connectivity index (χ1n) is 4.62. The van der Waals surface area contributed by atoms with E-state index in [4.69, 9.17) is 5.84 Å². The number of nitrogens with one attached hydrogen (secondary N) is 2. The number of benzene rings is 1. The molecule has 0 atom stereocenters. The standard InChI is InChI=1S/C9H10N4O3S/c10-11-7-1-3-8(4-2-7)17(14,15)13-9-5-6-16-12-9/h1-6,11H,10H2,(H,12,13).